The van der Waals surface area contributed by atoms with Crippen molar-refractivity contribution in [2.45, 2.75) is 19.4 Å². The lowest BCUT2D eigenvalue weighted by atomic mass is 10.1. The zero-order chi connectivity index (χ0) is 18.4. The van der Waals surface area contributed by atoms with Gasteiger partial charge in [0.15, 0.2) is 5.76 Å². The Morgan fingerprint density at radius 1 is 1.32 bits per heavy atom. The van der Waals surface area contributed by atoms with Gasteiger partial charge in [0.25, 0.3) is 11.6 Å². The number of non-ortho nitro benzene ring substituents is 1. The Morgan fingerprint density at radius 2 is 2.08 bits per heavy atom. The van der Waals surface area contributed by atoms with Crippen molar-refractivity contribution in [2.75, 3.05) is 13.6 Å². The second-order valence-corrected chi connectivity index (χ2v) is 5.52. The number of carbonyl (C=O) groups is 2. The van der Waals surface area contributed by atoms with Crippen LogP contribution in [-0.4, -0.2) is 35.2 Å². The highest BCUT2D eigenvalue weighted by molar-refractivity contribution is 5.91. The SMILES string of the molecule is C[C@@H](c1cccc([N+](=O)[O-])c1)N(C)C(=O)CCNC(=O)c1ccco1. The third-order valence-corrected chi connectivity index (χ3v) is 3.91. The Balaban J connectivity index is 1.89. The fourth-order valence-corrected chi connectivity index (χ4v) is 2.29. The number of hydrogen-bond acceptors (Lipinski definition) is 5. The molecule has 0 bridgehead atoms. The molecule has 0 spiro atoms. The highest BCUT2D eigenvalue weighted by Crippen LogP contribution is 2.23. The number of nitro benzene ring substituents is 1. The van der Waals surface area contributed by atoms with Gasteiger partial charge in [-0.2, -0.15) is 0 Å². The van der Waals surface area contributed by atoms with Crippen LogP contribution in [0.1, 0.15) is 35.5 Å². The second-order valence-electron chi connectivity index (χ2n) is 5.52. The van der Waals surface area contributed by atoms with E-state index in [0.717, 1.165) is 0 Å². The molecular weight excluding hydrogens is 326 g/mol. The van der Waals surface area contributed by atoms with E-state index in [2.05, 4.69) is 5.32 Å². The number of rotatable bonds is 7. The summed E-state index contributed by atoms with van der Waals surface area (Å²) in [6.45, 7) is 1.96. The van der Waals surface area contributed by atoms with Gasteiger partial charge in [-0.1, -0.05) is 12.1 Å². The number of amides is 2. The van der Waals surface area contributed by atoms with Gasteiger partial charge in [0.2, 0.25) is 5.91 Å². The number of carbonyl (C=O) groups excluding carboxylic acids is 2. The molecule has 0 unspecified atom stereocenters. The summed E-state index contributed by atoms with van der Waals surface area (Å²) in [6, 6.07) is 9.00. The topological polar surface area (TPSA) is 106 Å². The minimum atomic E-state index is -0.470. The minimum Gasteiger partial charge on any atom is -0.459 e. The summed E-state index contributed by atoms with van der Waals surface area (Å²) < 4.78 is 4.96. The van der Waals surface area contributed by atoms with Gasteiger partial charge in [0.1, 0.15) is 0 Å². The minimum absolute atomic E-state index is 0.0177. The molecule has 1 atom stereocenters. The molecule has 1 heterocycles. The van der Waals surface area contributed by atoms with E-state index in [-0.39, 0.29) is 42.3 Å². The van der Waals surface area contributed by atoms with E-state index in [1.165, 1.54) is 29.4 Å². The third-order valence-electron chi connectivity index (χ3n) is 3.91. The summed E-state index contributed by atoms with van der Waals surface area (Å²) >= 11 is 0. The van der Waals surface area contributed by atoms with Gasteiger partial charge in [0, 0.05) is 32.1 Å². The summed E-state index contributed by atoms with van der Waals surface area (Å²) in [4.78, 5) is 35.9. The van der Waals surface area contributed by atoms with Crippen molar-refractivity contribution in [1.82, 2.24) is 10.2 Å². The Hall–Kier alpha value is -3.16. The predicted octanol–water partition coefficient (Wildman–Crippen LogP) is 2.53. The molecule has 1 aromatic carbocycles. The molecular formula is C17H19N3O5. The molecule has 0 saturated heterocycles. The van der Waals surface area contributed by atoms with Crippen molar-refractivity contribution < 1.29 is 18.9 Å². The van der Waals surface area contributed by atoms with Crippen molar-refractivity contribution in [2.24, 2.45) is 0 Å². The molecule has 0 radical (unpaired) electrons. The highest BCUT2D eigenvalue weighted by Gasteiger charge is 2.19. The molecule has 132 valence electrons. The van der Waals surface area contributed by atoms with Crippen molar-refractivity contribution in [3.8, 4) is 0 Å². The lowest BCUT2D eigenvalue weighted by molar-refractivity contribution is -0.384. The number of furan rings is 1. The maximum atomic E-state index is 12.3. The van der Waals surface area contributed by atoms with Crippen LogP contribution in [0.25, 0.3) is 0 Å². The van der Waals surface area contributed by atoms with E-state index >= 15 is 0 Å². The first-order valence-corrected chi connectivity index (χ1v) is 7.72. The molecule has 0 aliphatic heterocycles. The summed E-state index contributed by atoms with van der Waals surface area (Å²) in [6.07, 6.45) is 1.51. The molecule has 0 fully saturated rings. The maximum Gasteiger partial charge on any atom is 0.286 e. The quantitative estimate of drug-likeness (QED) is 0.613. The average Bonchev–Trinajstić information content (AvgIpc) is 3.15. The van der Waals surface area contributed by atoms with Crippen molar-refractivity contribution in [1.29, 1.82) is 0 Å². The van der Waals surface area contributed by atoms with Crippen LogP contribution < -0.4 is 5.32 Å². The Morgan fingerprint density at radius 3 is 2.72 bits per heavy atom. The molecule has 25 heavy (non-hydrogen) atoms. The largest absolute Gasteiger partial charge is 0.459 e. The molecule has 0 aliphatic rings. The average molecular weight is 345 g/mol. The summed E-state index contributed by atoms with van der Waals surface area (Å²) in [7, 11) is 1.63. The molecule has 8 nitrogen and oxygen atoms in total. The van der Waals surface area contributed by atoms with Crippen molar-refractivity contribution >= 4 is 17.5 Å². The van der Waals surface area contributed by atoms with Gasteiger partial charge in [0.05, 0.1) is 17.2 Å². The number of hydrogen-bond donors (Lipinski definition) is 1. The lowest BCUT2D eigenvalue weighted by Gasteiger charge is -2.25. The predicted molar refractivity (Wildman–Crippen MR) is 89.9 cm³/mol. The van der Waals surface area contributed by atoms with Crippen LogP contribution >= 0.6 is 0 Å². The first-order chi connectivity index (χ1) is 11.9. The van der Waals surface area contributed by atoms with Gasteiger partial charge < -0.3 is 14.6 Å². The number of nitrogens with zero attached hydrogens (tertiary/aromatic N) is 2. The molecule has 1 aromatic heterocycles. The Bertz CT molecular complexity index is 757. The maximum absolute atomic E-state index is 12.3. The van der Waals surface area contributed by atoms with Gasteiger partial charge >= 0.3 is 0 Å². The fraction of sp³-hybridized carbons (Fsp3) is 0.294. The molecule has 8 heteroatoms. The zero-order valence-electron chi connectivity index (χ0n) is 14.0. The normalized spacial score (nSPS) is 11.6. The Labute approximate surface area is 144 Å². The van der Waals surface area contributed by atoms with Gasteiger partial charge in [-0.25, -0.2) is 0 Å². The van der Waals surface area contributed by atoms with Crippen LogP contribution in [0.2, 0.25) is 0 Å². The van der Waals surface area contributed by atoms with E-state index in [0.29, 0.717) is 5.56 Å². The smallest absolute Gasteiger partial charge is 0.286 e. The van der Waals surface area contributed by atoms with Crippen LogP contribution in [0.4, 0.5) is 5.69 Å². The first kappa shape index (κ1) is 18.2. The van der Waals surface area contributed by atoms with Crippen LogP contribution in [0, 0.1) is 10.1 Å². The van der Waals surface area contributed by atoms with Gasteiger partial charge in [-0.05, 0) is 24.6 Å². The Kier molecular flexibility index (Phi) is 5.89. The van der Waals surface area contributed by atoms with Gasteiger partial charge in [-0.3, -0.25) is 19.7 Å². The number of nitro groups is 1. The number of benzene rings is 1. The van der Waals surface area contributed by atoms with Crippen molar-refractivity contribution in [3.05, 3.63) is 64.1 Å². The van der Waals surface area contributed by atoms with Gasteiger partial charge in [-0.15, -0.1) is 0 Å². The fourth-order valence-electron chi connectivity index (χ4n) is 2.29. The molecule has 2 amide bonds. The third kappa shape index (κ3) is 4.66. The second kappa shape index (κ2) is 8.09. The number of nitrogens with one attached hydrogen (secondary N) is 1. The molecule has 0 aliphatic carbocycles. The summed E-state index contributed by atoms with van der Waals surface area (Å²) in [5.74, 6) is -0.378. The summed E-state index contributed by atoms with van der Waals surface area (Å²) in [5.41, 5.74) is 0.653. The standard InChI is InChI=1S/C17H19N3O5/c1-12(13-5-3-6-14(11-13)20(23)24)19(2)16(21)8-9-18-17(22)15-7-4-10-25-15/h3-7,10-12H,8-9H2,1-2H3,(H,18,22)/t12-/m0/s1. The first-order valence-electron chi connectivity index (χ1n) is 7.72. The van der Waals surface area contributed by atoms with Crippen LogP contribution in [0.3, 0.4) is 0 Å². The van der Waals surface area contributed by atoms with Crippen LogP contribution in [0.15, 0.2) is 47.1 Å². The van der Waals surface area contributed by atoms with Crippen molar-refractivity contribution in [3.63, 3.8) is 0 Å². The highest BCUT2D eigenvalue weighted by atomic mass is 16.6. The molecule has 2 rings (SSSR count). The van der Waals surface area contributed by atoms with E-state index < -0.39 is 4.92 Å². The van der Waals surface area contributed by atoms with Crippen LogP contribution in [0.5, 0.6) is 0 Å². The monoisotopic (exact) mass is 345 g/mol. The van der Waals surface area contributed by atoms with E-state index in [4.69, 9.17) is 4.42 Å². The summed E-state index contributed by atoms with van der Waals surface area (Å²) in [5, 5.41) is 13.5. The lowest BCUT2D eigenvalue weighted by Crippen LogP contribution is -2.33. The molecule has 1 N–H and O–H groups in total. The van der Waals surface area contributed by atoms with Crippen LogP contribution in [-0.2, 0) is 4.79 Å². The van der Waals surface area contributed by atoms with E-state index in [9.17, 15) is 19.7 Å². The molecule has 2 aromatic rings. The van der Waals surface area contributed by atoms with E-state index in [1.807, 2.05) is 0 Å². The van der Waals surface area contributed by atoms with E-state index in [1.54, 1.807) is 32.2 Å². The zero-order valence-corrected chi connectivity index (χ0v) is 14.0. The molecule has 0 saturated carbocycles.